The fraction of sp³-hybridized carbons (Fsp3) is 0.368. The van der Waals surface area contributed by atoms with Crippen LogP contribution in [0.1, 0.15) is 28.8 Å². The smallest absolute Gasteiger partial charge is 0.253 e. The van der Waals surface area contributed by atoms with Crippen molar-refractivity contribution in [2.24, 2.45) is 0 Å². The van der Waals surface area contributed by atoms with Crippen molar-refractivity contribution >= 4 is 11.7 Å². The molecule has 1 saturated carbocycles. The lowest BCUT2D eigenvalue weighted by Gasteiger charge is -2.27. The maximum Gasteiger partial charge on any atom is 0.253 e. The molecule has 2 fully saturated rings. The largest absolute Gasteiger partial charge is 0.378 e. The average Bonchev–Trinajstić information content (AvgIpc) is 3.43. The Bertz CT molecular complexity index is 751. The summed E-state index contributed by atoms with van der Waals surface area (Å²) in [6, 6.07) is 10.0. The molecular weight excluding hydrogens is 321 g/mol. The minimum Gasteiger partial charge on any atom is -0.378 e. The van der Waals surface area contributed by atoms with Gasteiger partial charge in [0.15, 0.2) is 0 Å². The molecule has 0 spiro atoms. The van der Waals surface area contributed by atoms with Gasteiger partial charge in [-0.3, -0.25) is 4.79 Å². The number of rotatable bonds is 4. The van der Waals surface area contributed by atoms with E-state index in [1.54, 1.807) is 24.4 Å². The van der Waals surface area contributed by atoms with E-state index in [1.807, 2.05) is 6.07 Å². The van der Waals surface area contributed by atoms with E-state index in [-0.39, 0.29) is 17.3 Å². The molecule has 5 nitrogen and oxygen atoms in total. The van der Waals surface area contributed by atoms with E-state index < -0.39 is 0 Å². The number of ether oxygens (including phenoxy) is 1. The molecule has 2 heterocycles. The number of halogens is 1. The third kappa shape index (κ3) is 3.35. The zero-order chi connectivity index (χ0) is 17.3. The summed E-state index contributed by atoms with van der Waals surface area (Å²) in [4.78, 5) is 19.1. The number of pyridine rings is 1. The molecule has 1 N–H and O–H groups in total. The van der Waals surface area contributed by atoms with Crippen LogP contribution >= 0.6 is 0 Å². The maximum absolute atomic E-state index is 13.1. The molecule has 1 saturated heterocycles. The second-order valence-electron chi connectivity index (χ2n) is 6.55. The maximum atomic E-state index is 13.1. The minimum absolute atomic E-state index is 0.150. The average molecular weight is 341 g/mol. The summed E-state index contributed by atoms with van der Waals surface area (Å²) in [7, 11) is 0. The molecule has 2 aliphatic rings. The zero-order valence-electron chi connectivity index (χ0n) is 13.9. The topological polar surface area (TPSA) is 54.5 Å². The molecule has 1 aromatic heterocycles. The van der Waals surface area contributed by atoms with Gasteiger partial charge in [0.2, 0.25) is 0 Å². The molecule has 2 aromatic rings. The third-order valence-corrected chi connectivity index (χ3v) is 4.84. The van der Waals surface area contributed by atoms with Crippen LogP contribution in [0.4, 0.5) is 10.2 Å². The monoisotopic (exact) mass is 341 g/mol. The Kier molecular flexibility index (Phi) is 4.13. The first-order valence-electron chi connectivity index (χ1n) is 8.54. The Morgan fingerprint density at radius 1 is 1.12 bits per heavy atom. The number of amides is 1. The summed E-state index contributed by atoms with van der Waals surface area (Å²) >= 11 is 0. The zero-order valence-corrected chi connectivity index (χ0v) is 13.9. The number of carbonyl (C=O) groups is 1. The number of benzene rings is 1. The van der Waals surface area contributed by atoms with Crippen LogP contribution in [0, 0.1) is 5.82 Å². The minimum atomic E-state index is -0.367. The van der Waals surface area contributed by atoms with Gasteiger partial charge in [0.1, 0.15) is 11.6 Å². The van der Waals surface area contributed by atoms with Crippen molar-refractivity contribution in [1.29, 1.82) is 0 Å². The Balaban J connectivity index is 1.45. The highest BCUT2D eigenvalue weighted by Gasteiger charge is 2.45. The molecule has 1 aromatic carbocycles. The van der Waals surface area contributed by atoms with Gasteiger partial charge in [-0.2, -0.15) is 0 Å². The predicted octanol–water partition coefficient (Wildman–Crippen LogP) is 2.48. The number of carbonyl (C=O) groups excluding carboxylic acids is 1. The number of aromatic nitrogens is 1. The fourth-order valence-corrected chi connectivity index (χ4v) is 3.17. The molecule has 0 atom stereocenters. The van der Waals surface area contributed by atoms with Crippen molar-refractivity contribution in [3.8, 4) is 0 Å². The second-order valence-corrected chi connectivity index (χ2v) is 6.55. The lowest BCUT2D eigenvalue weighted by molar-refractivity contribution is 0.0930. The van der Waals surface area contributed by atoms with Crippen LogP contribution in [0.5, 0.6) is 0 Å². The molecular formula is C19H20FN3O2. The molecule has 130 valence electrons. The lowest BCUT2D eigenvalue weighted by atomic mass is 10.0. The van der Waals surface area contributed by atoms with Gasteiger partial charge in [0.25, 0.3) is 5.91 Å². The van der Waals surface area contributed by atoms with Crippen LogP contribution < -0.4 is 10.2 Å². The van der Waals surface area contributed by atoms with Crippen LogP contribution in [-0.2, 0) is 10.3 Å². The molecule has 4 rings (SSSR count). The SMILES string of the molecule is O=C(NC1(c2ccc(F)cc2)CC1)c1ccc(N2CCOCC2)nc1. The van der Waals surface area contributed by atoms with Crippen LogP contribution in [0.15, 0.2) is 42.6 Å². The van der Waals surface area contributed by atoms with Gasteiger partial charge in [-0.1, -0.05) is 12.1 Å². The van der Waals surface area contributed by atoms with Crippen molar-refractivity contribution in [2.45, 2.75) is 18.4 Å². The molecule has 1 aliphatic heterocycles. The molecule has 1 aliphatic carbocycles. The number of hydrogen-bond donors (Lipinski definition) is 1. The highest BCUT2D eigenvalue weighted by atomic mass is 19.1. The first-order valence-corrected chi connectivity index (χ1v) is 8.54. The predicted molar refractivity (Wildman–Crippen MR) is 92.0 cm³/mol. The third-order valence-electron chi connectivity index (χ3n) is 4.84. The summed E-state index contributed by atoms with van der Waals surface area (Å²) in [5.41, 5.74) is 1.11. The Hall–Kier alpha value is -2.47. The summed E-state index contributed by atoms with van der Waals surface area (Å²) < 4.78 is 18.4. The molecule has 0 bridgehead atoms. The van der Waals surface area contributed by atoms with E-state index >= 15 is 0 Å². The molecule has 25 heavy (non-hydrogen) atoms. The van der Waals surface area contributed by atoms with Crippen molar-refractivity contribution < 1.29 is 13.9 Å². The summed E-state index contributed by atoms with van der Waals surface area (Å²) in [5.74, 6) is 0.441. The van der Waals surface area contributed by atoms with E-state index in [1.165, 1.54) is 12.1 Å². The van der Waals surface area contributed by atoms with Gasteiger partial charge in [0, 0.05) is 19.3 Å². The van der Waals surface area contributed by atoms with E-state index in [2.05, 4.69) is 15.2 Å². The number of morpholine rings is 1. The lowest BCUT2D eigenvalue weighted by Crippen LogP contribution is -2.37. The van der Waals surface area contributed by atoms with Crippen molar-refractivity contribution in [1.82, 2.24) is 10.3 Å². The summed E-state index contributed by atoms with van der Waals surface area (Å²) in [6.45, 7) is 3.02. The molecule has 0 unspecified atom stereocenters. The second kappa shape index (κ2) is 6.44. The number of hydrogen-bond acceptors (Lipinski definition) is 4. The van der Waals surface area contributed by atoms with Crippen LogP contribution in [0.2, 0.25) is 0 Å². The van der Waals surface area contributed by atoms with Gasteiger partial charge < -0.3 is 15.0 Å². The van der Waals surface area contributed by atoms with Gasteiger partial charge >= 0.3 is 0 Å². The number of nitrogens with zero attached hydrogens (tertiary/aromatic N) is 2. The quantitative estimate of drug-likeness (QED) is 0.928. The van der Waals surface area contributed by atoms with Gasteiger partial charge in [-0.15, -0.1) is 0 Å². The molecule has 6 heteroatoms. The van der Waals surface area contributed by atoms with Gasteiger partial charge in [0.05, 0.1) is 24.3 Å². The van der Waals surface area contributed by atoms with Crippen molar-refractivity contribution in [3.05, 3.63) is 59.5 Å². The van der Waals surface area contributed by atoms with E-state index in [0.717, 1.165) is 37.3 Å². The van der Waals surface area contributed by atoms with E-state index in [9.17, 15) is 9.18 Å². The van der Waals surface area contributed by atoms with Crippen LogP contribution in [-0.4, -0.2) is 37.2 Å². The summed E-state index contributed by atoms with van der Waals surface area (Å²) in [5, 5.41) is 3.08. The highest BCUT2D eigenvalue weighted by molar-refractivity contribution is 5.95. The van der Waals surface area contributed by atoms with Crippen LogP contribution in [0.3, 0.4) is 0 Å². The Labute approximate surface area is 145 Å². The van der Waals surface area contributed by atoms with E-state index in [0.29, 0.717) is 18.8 Å². The molecule has 0 radical (unpaired) electrons. The van der Waals surface area contributed by atoms with Crippen molar-refractivity contribution in [3.63, 3.8) is 0 Å². The summed E-state index contributed by atoms with van der Waals surface area (Å²) in [6.07, 6.45) is 3.34. The standard InChI is InChI=1S/C19H20FN3O2/c20-16-4-2-15(3-5-16)19(7-8-19)22-18(24)14-1-6-17(21-13-14)23-9-11-25-12-10-23/h1-6,13H,7-12H2,(H,22,24). The highest BCUT2D eigenvalue weighted by Crippen LogP contribution is 2.45. The van der Waals surface area contributed by atoms with E-state index in [4.69, 9.17) is 4.74 Å². The first kappa shape index (κ1) is 16.0. The van der Waals surface area contributed by atoms with Gasteiger partial charge in [-0.05, 0) is 42.7 Å². The van der Waals surface area contributed by atoms with Gasteiger partial charge in [-0.25, -0.2) is 9.37 Å². The van der Waals surface area contributed by atoms with Crippen molar-refractivity contribution in [2.75, 3.05) is 31.2 Å². The number of anilines is 1. The number of nitrogens with one attached hydrogen (secondary N) is 1. The normalized spacial score (nSPS) is 18.7. The fourth-order valence-electron chi connectivity index (χ4n) is 3.17. The Morgan fingerprint density at radius 3 is 2.44 bits per heavy atom. The Morgan fingerprint density at radius 2 is 1.84 bits per heavy atom. The molecule has 1 amide bonds. The first-order chi connectivity index (χ1) is 12.2. The van der Waals surface area contributed by atoms with Crippen LogP contribution in [0.25, 0.3) is 0 Å².